The molecular formula is C42H54FNOZr. The van der Waals surface area contributed by atoms with Crippen molar-refractivity contribution in [3.05, 3.63) is 110 Å². The van der Waals surface area contributed by atoms with E-state index in [1.54, 1.807) is 12.1 Å². The van der Waals surface area contributed by atoms with Gasteiger partial charge >= 0.3 is 26.2 Å². The van der Waals surface area contributed by atoms with Gasteiger partial charge in [-0.05, 0) is 105 Å². The maximum absolute atomic E-state index is 15.5. The maximum Gasteiger partial charge on any atom is 2.00 e. The third-order valence-corrected chi connectivity index (χ3v) is 8.70. The van der Waals surface area contributed by atoms with Crippen LogP contribution in [0.15, 0.2) is 72.8 Å². The number of phenols is 1. The Morgan fingerprint density at radius 2 is 1.09 bits per heavy atom. The van der Waals surface area contributed by atoms with Crippen LogP contribution in [0.1, 0.15) is 99.3 Å². The summed E-state index contributed by atoms with van der Waals surface area (Å²) in [7, 11) is 0. The first-order chi connectivity index (χ1) is 19.7. The second kappa shape index (κ2) is 13.4. The summed E-state index contributed by atoms with van der Waals surface area (Å²) in [6.45, 7) is 24.6. The molecule has 5 aromatic rings. The molecule has 0 aliphatic carbocycles. The van der Waals surface area contributed by atoms with E-state index >= 15 is 4.39 Å². The number of hydrogen-bond acceptors (Lipinski definition) is 1. The molecular weight excluding hydrogens is 645 g/mol. The molecule has 0 aliphatic heterocycles. The molecule has 4 heteroatoms. The normalized spacial score (nSPS) is 12.4. The molecule has 1 N–H and O–H groups in total. The monoisotopic (exact) mass is 697 g/mol. The van der Waals surface area contributed by atoms with Crippen LogP contribution in [0.25, 0.3) is 38.6 Å². The molecule has 46 heavy (non-hydrogen) atoms. The Hall–Kier alpha value is -2.71. The number of fused-ring (bicyclic) bond motifs is 3. The maximum atomic E-state index is 15.5. The summed E-state index contributed by atoms with van der Waals surface area (Å²) in [4.78, 5) is 0. The van der Waals surface area contributed by atoms with E-state index in [0.717, 1.165) is 39.5 Å². The quantitative estimate of drug-likeness (QED) is 0.186. The van der Waals surface area contributed by atoms with Gasteiger partial charge < -0.3 is 24.5 Å². The molecule has 0 bridgehead atoms. The third-order valence-electron chi connectivity index (χ3n) is 8.70. The molecule has 0 amide bonds. The van der Waals surface area contributed by atoms with Crippen LogP contribution in [0, 0.1) is 26.1 Å². The third kappa shape index (κ3) is 7.87. The van der Waals surface area contributed by atoms with Gasteiger partial charge in [0.15, 0.2) is 0 Å². The average Bonchev–Trinajstić information content (AvgIpc) is 3.19. The molecule has 0 saturated carbocycles. The number of nitrogens with zero attached hydrogens (tertiary/aromatic N) is 1. The molecule has 0 radical (unpaired) electrons. The summed E-state index contributed by atoms with van der Waals surface area (Å²) in [5, 5.41) is 13.3. The van der Waals surface area contributed by atoms with Crippen LogP contribution < -0.4 is 0 Å². The fourth-order valence-electron chi connectivity index (χ4n) is 6.71. The Morgan fingerprint density at radius 1 is 0.609 bits per heavy atom. The van der Waals surface area contributed by atoms with Gasteiger partial charge in [0.1, 0.15) is 11.6 Å². The first kappa shape index (κ1) is 39.5. The minimum absolute atomic E-state index is 0. The van der Waals surface area contributed by atoms with Crippen LogP contribution in [0.3, 0.4) is 0 Å². The Bertz CT molecular complexity index is 1770. The van der Waals surface area contributed by atoms with E-state index in [9.17, 15) is 5.11 Å². The summed E-state index contributed by atoms with van der Waals surface area (Å²) in [6, 6.07) is 24.2. The number of benzene rings is 4. The number of hydrogen-bond donors (Lipinski definition) is 1. The topological polar surface area (TPSA) is 25.2 Å². The number of aromatic nitrogens is 1. The molecule has 0 saturated heterocycles. The molecule has 1 heterocycles. The second-order valence-corrected chi connectivity index (χ2v) is 16.4. The standard InChI is InChI=1S/C40H48FNO.2CH3.Zr/c1-37(2,3)24-40(10,11)28-14-17-36(43)31(22-28)25-18-29(41)23-30(19-25)42-34-15-12-26(38(4,5)6)20-32(34)33-21-27(39(7,8)9)13-16-35(33)42;;;/h12-23,43H,24H2,1-11H3;2*1H3;/q;2*-1;+2. The average molecular weight is 699 g/mol. The SMILES string of the molecule is CC(C)(C)CC(C)(C)c1ccc(O)c(-c2cc(F)cc(-n3c4ccc(C(C)(C)C)cc4c4cc(C(C)(C)C)ccc43)c2)c1.[CH3-].[CH3-].[Zr+2]. The van der Waals surface area contributed by atoms with Gasteiger partial charge in [0, 0.05) is 22.0 Å². The van der Waals surface area contributed by atoms with Gasteiger partial charge in [-0.3, -0.25) is 0 Å². The largest absolute Gasteiger partial charge is 2.00 e. The van der Waals surface area contributed by atoms with Gasteiger partial charge in [-0.15, -0.1) is 0 Å². The van der Waals surface area contributed by atoms with Crippen molar-refractivity contribution in [1.82, 2.24) is 4.57 Å². The van der Waals surface area contributed by atoms with Crippen molar-refractivity contribution >= 4 is 21.8 Å². The van der Waals surface area contributed by atoms with E-state index in [1.807, 2.05) is 18.2 Å². The van der Waals surface area contributed by atoms with E-state index in [-0.39, 0.29) is 74.3 Å². The predicted molar refractivity (Wildman–Crippen MR) is 195 cm³/mol. The van der Waals surface area contributed by atoms with Crippen molar-refractivity contribution in [3.63, 3.8) is 0 Å². The predicted octanol–water partition coefficient (Wildman–Crippen LogP) is 12.5. The first-order valence-electron chi connectivity index (χ1n) is 15.5. The van der Waals surface area contributed by atoms with Gasteiger partial charge in [0.05, 0.1) is 11.0 Å². The van der Waals surface area contributed by atoms with E-state index in [4.69, 9.17) is 0 Å². The van der Waals surface area contributed by atoms with E-state index in [2.05, 4.69) is 117 Å². The molecule has 5 rings (SSSR count). The van der Waals surface area contributed by atoms with Crippen molar-refractivity contribution in [2.24, 2.45) is 5.41 Å². The number of halogens is 1. The molecule has 2 nitrogen and oxygen atoms in total. The summed E-state index contributed by atoms with van der Waals surface area (Å²) in [6.07, 6.45) is 0.979. The second-order valence-electron chi connectivity index (χ2n) is 16.4. The Labute approximate surface area is 297 Å². The van der Waals surface area contributed by atoms with Crippen LogP contribution in [-0.2, 0) is 42.4 Å². The van der Waals surface area contributed by atoms with Gasteiger partial charge in [-0.2, -0.15) is 0 Å². The molecule has 0 aliphatic rings. The zero-order valence-corrected chi connectivity index (χ0v) is 32.9. The number of phenolic OH excluding ortho intramolecular Hbond substituents is 1. The van der Waals surface area contributed by atoms with Crippen molar-refractivity contribution in [3.8, 4) is 22.6 Å². The summed E-state index contributed by atoms with van der Waals surface area (Å²) in [5.74, 6) is -0.183. The van der Waals surface area contributed by atoms with Crippen LogP contribution in [0.5, 0.6) is 5.75 Å². The zero-order chi connectivity index (χ0) is 31.7. The van der Waals surface area contributed by atoms with E-state index in [0.29, 0.717) is 11.1 Å². The smallest absolute Gasteiger partial charge is 0.507 e. The Morgan fingerprint density at radius 3 is 1.54 bits per heavy atom. The minimum atomic E-state index is -0.334. The molecule has 1 aromatic heterocycles. The first-order valence-corrected chi connectivity index (χ1v) is 15.5. The van der Waals surface area contributed by atoms with Gasteiger partial charge in [-0.25, -0.2) is 4.39 Å². The van der Waals surface area contributed by atoms with Crippen LogP contribution >= 0.6 is 0 Å². The Kier molecular flexibility index (Phi) is 11.5. The molecule has 0 unspecified atom stereocenters. The molecule has 4 aromatic carbocycles. The molecule has 0 fully saturated rings. The minimum Gasteiger partial charge on any atom is -0.507 e. The molecule has 244 valence electrons. The van der Waals surface area contributed by atoms with Crippen LogP contribution in [-0.4, -0.2) is 9.67 Å². The van der Waals surface area contributed by atoms with Gasteiger partial charge in [-0.1, -0.05) is 94.4 Å². The number of rotatable bonds is 4. The van der Waals surface area contributed by atoms with Crippen molar-refractivity contribution in [2.45, 2.75) is 98.8 Å². The van der Waals surface area contributed by atoms with Gasteiger partial charge in [0.2, 0.25) is 0 Å². The fraction of sp³-hybridized carbons (Fsp3) is 0.381. The summed E-state index contributed by atoms with van der Waals surface area (Å²) < 4.78 is 17.7. The van der Waals surface area contributed by atoms with Crippen molar-refractivity contribution in [2.75, 3.05) is 0 Å². The van der Waals surface area contributed by atoms with Crippen LogP contribution in [0.2, 0.25) is 0 Å². The molecule has 0 spiro atoms. The van der Waals surface area contributed by atoms with Crippen molar-refractivity contribution in [1.29, 1.82) is 0 Å². The van der Waals surface area contributed by atoms with E-state index < -0.39 is 0 Å². The summed E-state index contributed by atoms with van der Waals surface area (Å²) in [5.41, 5.74) is 7.80. The summed E-state index contributed by atoms with van der Waals surface area (Å²) >= 11 is 0. The Balaban J connectivity index is 0.00000245. The number of aromatic hydroxyl groups is 1. The van der Waals surface area contributed by atoms with Crippen molar-refractivity contribution < 1.29 is 35.7 Å². The fourth-order valence-corrected chi connectivity index (χ4v) is 6.71. The molecule has 0 atom stereocenters. The zero-order valence-electron chi connectivity index (χ0n) is 30.4. The van der Waals surface area contributed by atoms with Gasteiger partial charge in [0.25, 0.3) is 0 Å². The van der Waals surface area contributed by atoms with E-state index in [1.165, 1.54) is 17.2 Å². The van der Waals surface area contributed by atoms with Crippen LogP contribution in [0.4, 0.5) is 4.39 Å².